The van der Waals surface area contributed by atoms with Crippen molar-refractivity contribution in [3.63, 3.8) is 0 Å². The van der Waals surface area contributed by atoms with Crippen molar-refractivity contribution in [3.05, 3.63) is 65.2 Å². The molecule has 0 atom stereocenters. The Balaban J connectivity index is 2.02. The van der Waals surface area contributed by atoms with Gasteiger partial charge >= 0.3 is 0 Å². The highest BCUT2D eigenvalue weighted by Gasteiger charge is 1.98. The van der Waals surface area contributed by atoms with Crippen molar-refractivity contribution < 1.29 is 5.11 Å². The van der Waals surface area contributed by atoms with Crippen LogP contribution >= 0.6 is 0 Å². The van der Waals surface area contributed by atoms with Crippen molar-refractivity contribution in [1.82, 2.24) is 0 Å². The lowest BCUT2D eigenvalue weighted by molar-refractivity contribution is 0.475. The lowest BCUT2D eigenvalue weighted by Crippen LogP contribution is -1.93. The van der Waals surface area contributed by atoms with Crippen LogP contribution in [0.2, 0.25) is 0 Å². The van der Waals surface area contributed by atoms with E-state index < -0.39 is 0 Å². The summed E-state index contributed by atoms with van der Waals surface area (Å²) in [6.45, 7) is 2.14. The number of aryl methyl sites for hydroxylation is 3. The van der Waals surface area contributed by atoms with E-state index in [-0.39, 0.29) is 0 Å². The van der Waals surface area contributed by atoms with Gasteiger partial charge in [-0.3, -0.25) is 0 Å². The smallest absolute Gasteiger partial charge is 0.115 e. The van der Waals surface area contributed by atoms with Crippen LogP contribution in [0.15, 0.2) is 48.5 Å². The summed E-state index contributed by atoms with van der Waals surface area (Å²) >= 11 is 0. The molecule has 0 heterocycles. The number of hydrogen-bond donors (Lipinski definition) is 1. The Labute approximate surface area is 96.4 Å². The maximum atomic E-state index is 9.19. The molecule has 0 bridgehead atoms. The first-order chi connectivity index (χ1) is 7.75. The maximum absolute atomic E-state index is 9.19. The van der Waals surface area contributed by atoms with Gasteiger partial charge in [-0.25, -0.2) is 0 Å². The van der Waals surface area contributed by atoms with Crippen molar-refractivity contribution in [2.24, 2.45) is 0 Å². The standard InChI is InChI=1S/C15H16O/c1-12-4-2-3-5-14(12)9-6-13-7-10-15(16)11-8-13/h2-5,7-8,10-11,16H,6,9H2,1H3. The zero-order valence-corrected chi connectivity index (χ0v) is 9.48. The Morgan fingerprint density at radius 3 is 2.25 bits per heavy atom. The third-order valence-corrected chi connectivity index (χ3v) is 2.88. The number of phenols is 1. The zero-order chi connectivity index (χ0) is 11.4. The summed E-state index contributed by atoms with van der Waals surface area (Å²) in [5.74, 6) is 0.333. The van der Waals surface area contributed by atoms with Gasteiger partial charge in [0.1, 0.15) is 5.75 Å². The van der Waals surface area contributed by atoms with Gasteiger partial charge in [0.15, 0.2) is 0 Å². The molecule has 0 aliphatic heterocycles. The van der Waals surface area contributed by atoms with Gasteiger partial charge in [0.2, 0.25) is 0 Å². The van der Waals surface area contributed by atoms with Gasteiger partial charge in [0.25, 0.3) is 0 Å². The molecule has 1 N–H and O–H groups in total. The largest absolute Gasteiger partial charge is 0.508 e. The minimum atomic E-state index is 0.333. The van der Waals surface area contributed by atoms with E-state index in [1.54, 1.807) is 12.1 Å². The van der Waals surface area contributed by atoms with Crippen molar-refractivity contribution >= 4 is 0 Å². The second-order valence-corrected chi connectivity index (χ2v) is 4.09. The fourth-order valence-electron chi connectivity index (χ4n) is 1.83. The molecule has 2 aromatic carbocycles. The molecular weight excluding hydrogens is 196 g/mol. The maximum Gasteiger partial charge on any atom is 0.115 e. The highest BCUT2D eigenvalue weighted by Crippen LogP contribution is 2.14. The Hall–Kier alpha value is -1.76. The Bertz CT molecular complexity index is 457. The molecule has 0 fully saturated rings. The van der Waals surface area contributed by atoms with Crippen LogP contribution in [0.1, 0.15) is 16.7 Å². The molecule has 1 nitrogen and oxygen atoms in total. The van der Waals surface area contributed by atoms with Crippen molar-refractivity contribution in [2.45, 2.75) is 19.8 Å². The Morgan fingerprint density at radius 2 is 1.56 bits per heavy atom. The summed E-state index contributed by atoms with van der Waals surface area (Å²) in [4.78, 5) is 0. The molecule has 0 unspecified atom stereocenters. The second kappa shape index (κ2) is 4.84. The predicted molar refractivity (Wildman–Crippen MR) is 66.7 cm³/mol. The molecule has 2 rings (SSSR count). The molecular formula is C15H16O. The fraction of sp³-hybridized carbons (Fsp3) is 0.200. The van der Waals surface area contributed by atoms with E-state index in [2.05, 4.69) is 31.2 Å². The van der Waals surface area contributed by atoms with E-state index in [0.717, 1.165) is 12.8 Å². The minimum absolute atomic E-state index is 0.333. The van der Waals surface area contributed by atoms with Crippen LogP contribution in [0.25, 0.3) is 0 Å². The molecule has 2 aromatic rings. The van der Waals surface area contributed by atoms with E-state index in [4.69, 9.17) is 0 Å². The van der Waals surface area contributed by atoms with E-state index in [1.807, 2.05) is 12.1 Å². The van der Waals surface area contributed by atoms with E-state index in [0.29, 0.717) is 5.75 Å². The predicted octanol–water partition coefficient (Wildman–Crippen LogP) is 3.49. The molecule has 0 amide bonds. The molecule has 0 aliphatic carbocycles. The Kier molecular flexibility index (Phi) is 3.25. The number of phenolic OH excluding ortho intramolecular Hbond substituents is 1. The molecule has 0 spiro atoms. The van der Waals surface area contributed by atoms with Crippen molar-refractivity contribution in [3.8, 4) is 5.75 Å². The third-order valence-electron chi connectivity index (χ3n) is 2.88. The molecule has 0 radical (unpaired) electrons. The first-order valence-corrected chi connectivity index (χ1v) is 5.58. The van der Waals surface area contributed by atoms with Gasteiger partial charge in [-0.2, -0.15) is 0 Å². The monoisotopic (exact) mass is 212 g/mol. The van der Waals surface area contributed by atoms with Crippen LogP contribution in [0.5, 0.6) is 5.75 Å². The van der Waals surface area contributed by atoms with Crippen LogP contribution in [0.4, 0.5) is 0 Å². The van der Waals surface area contributed by atoms with E-state index in [9.17, 15) is 5.11 Å². The second-order valence-electron chi connectivity index (χ2n) is 4.09. The minimum Gasteiger partial charge on any atom is -0.508 e. The van der Waals surface area contributed by atoms with Gasteiger partial charge in [0, 0.05) is 0 Å². The summed E-state index contributed by atoms with van der Waals surface area (Å²) in [6, 6.07) is 15.9. The van der Waals surface area contributed by atoms with Crippen molar-refractivity contribution in [2.75, 3.05) is 0 Å². The first-order valence-electron chi connectivity index (χ1n) is 5.58. The molecule has 0 aliphatic rings. The van der Waals surface area contributed by atoms with Gasteiger partial charge in [0.05, 0.1) is 0 Å². The average Bonchev–Trinajstić information content (AvgIpc) is 2.30. The summed E-state index contributed by atoms with van der Waals surface area (Å²) < 4.78 is 0. The normalized spacial score (nSPS) is 10.3. The van der Waals surface area contributed by atoms with E-state index >= 15 is 0 Å². The molecule has 16 heavy (non-hydrogen) atoms. The lowest BCUT2D eigenvalue weighted by Gasteiger charge is -2.05. The average molecular weight is 212 g/mol. The first kappa shape index (κ1) is 10.7. The SMILES string of the molecule is Cc1ccccc1CCc1ccc(O)cc1. The summed E-state index contributed by atoms with van der Waals surface area (Å²) in [5.41, 5.74) is 4.01. The van der Waals surface area contributed by atoms with Gasteiger partial charge < -0.3 is 5.11 Å². The molecule has 0 saturated heterocycles. The van der Waals surface area contributed by atoms with Gasteiger partial charge in [-0.05, 0) is 48.6 Å². The molecule has 1 heteroatoms. The topological polar surface area (TPSA) is 20.2 Å². The Morgan fingerprint density at radius 1 is 0.875 bits per heavy atom. The van der Waals surface area contributed by atoms with Crippen LogP contribution in [-0.4, -0.2) is 5.11 Å². The number of rotatable bonds is 3. The third kappa shape index (κ3) is 2.63. The summed E-state index contributed by atoms with van der Waals surface area (Å²) in [7, 11) is 0. The van der Waals surface area contributed by atoms with Crippen LogP contribution in [0.3, 0.4) is 0 Å². The lowest BCUT2D eigenvalue weighted by atomic mass is 10.0. The highest BCUT2D eigenvalue weighted by atomic mass is 16.3. The van der Waals surface area contributed by atoms with Gasteiger partial charge in [-0.15, -0.1) is 0 Å². The quantitative estimate of drug-likeness (QED) is 0.825. The summed E-state index contributed by atoms with van der Waals surface area (Å²) in [5, 5.41) is 9.19. The van der Waals surface area contributed by atoms with Crippen LogP contribution in [0, 0.1) is 6.92 Å². The summed E-state index contributed by atoms with van der Waals surface area (Å²) in [6.07, 6.45) is 2.07. The molecule has 0 aromatic heterocycles. The highest BCUT2D eigenvalue weighted by molar-refractivity contribution is 5.29. The molecule has 0 saturated carbocycles. The number of hydrogen-bond acceptors (Lipinski definition) is 1. The molecule has 82 valence electrons. The van der Waals surface area contributed by atoms with Crippen molar-refractivity contribution in [1.29, 1.82) is 0 Å². The van der Waals surface area contributed by atoms with Crippen LogP contribution < -0.4 is 0 Å². The van der Waals surface area contributed by atoms with Gasteiger partial charge in [-0.1, -0.05) is 36.4 Å². The number of benzene rings is 2. The number of aromatic hydroxyl groups is 1. The zero-order valence-electron chi connectivity index (χ0n) is 9.48. The van der Waals surface area contributed by atoms with E-state index in [1.165, 1.54) is 16.7 Å². The van der Waals surface area contributed by atoms with Crippen LogP contribution in [-0.2, 0) is 12.8 Å². The fourth-order valence-corrected chi connectivity index (χ4v) is 1.83.